The lowest BCUT2D eigenvalue weighted by atomic mass is 10.1. The van der Waals surface area contributed by atoms with E-state index in [9.17, 15) is 9.90 Å². The molecule has 0 radical (unpaired) electrons. The van der Waals surface area contributed by atoms with Gasteiger partial charge in [-0.25, -0.2) is 4.98 Å². The summed E-state index contributed by atoms with van der Waals surface area (Å²) >= 11 is 0. The van der Waals surface area contributed by atoms with E-state index >= 15 is 0 Å². The molecule has 0 amide bonds. The van der Waals surface area contributed by atoms with Gasteiger partial charge < -0.3 is 10.1 Å². The van der Waals surface area contributed by atoms with Crippen LogP contribution in [0.3, 0.4) is 0 Å². The molecule has 0 bridgehead atoms. The van der Waals surface area contributed by atoms with Gasteiger partial charge in [-0.05, 0) is 31.2 Å². The van der Waals surface area contributed by atoms with Gasteiger partial charge in [-0.2, -0.15) is 0 Å². The Balaban J connectivity index is 1.73. The van der Waals surface area contributed by atoms with Crippen LogP contribution in [0.25, 0.3) is 10.9 Å². The number of hydrogen-bond acceptors (Lipinski definition) is 4. The van der Waals surface area contributed by atoms with Crippen LogP contribution in [0.5, 0.6) is 5.75 Å². The van der Waals surface area contributed by atoms with Gasteiger partial charge in [-0.3, -0.25) is 9.69 Å². The van der Waals surface area contributed by atoms with E-state index < -0.39 is 0 Å². The van der Waals surface area contributed by atoms with Crippen molar-refractivity contribution >= 4 is 10.9 Å². The number of para-hydroxylation sites is 2. The standard InChI is InChI=1S/C20H23N3O2/c1-2-12-23(14-15-7-3-6-10-18(15)24)13-11-19-21-17-9-5-4-8-16(17)20(25)22-19/h3-10,24H,2,11-14H2,1H3,(H,21,22,25). The zero-order valence-corrected chi connectivity index (χ0v) is 14.4. The first-order chi connectivity index (χ1) is 12.2. The van der Waals surface area contributed by atoms with Crippen LogP contribution in [0.4, 0.5) is 0 Å². The van der Waals surface area contributed by atoms with Crippen molar-refractivity contribution in [2.45, 2.75) is 26.3 Å². The van der Waals surface area contributed by atoms with E-state index in [2.05, 4.69) is 21.8 Å². The second-order valence-corrected chi connectivity index (χ2v) is 6.18. The Bertz CT molecular complexity index is 905. The monoisotopic (exact) mass is 337 g/mol. The highest BCUT2D eigenvalue weighted by molar-refractivity contribution is 5.77. The summed E-state index contributed by atoms with van der Waals surface area (Å²) in [5.74, 6) is 1.02. The minimum Gasteiger partial charge on any atom is -0.508 e. The van der Waals surface area contributed by atoms with Crippen molar-refractivity contribution in [3.8, 4) is 5.75 Å². The van der Waals surface area contributed by atoms with Crippen molar-refractivity contribution < 1.29 is 5.11 Å². The molecule has 2 aromatic carbocycles. The summed E-state index contributed by atoms with van der Waals surface area (Å²) in [6, 6.07) is 14.8. The van der Waals surface area contributed by atoms with Gasteiger partial charge in [0.2, 0.25) is 0 Å². The van der Waals surface area contributed by atoms with E-state index in [4.69, 9.17) is 0 Å². The number of hydrogen-bond donors (Lipinski definition) is 2. The van der Waals surface area contributed by atoms with Crippen molar-refractivity contribution in [1.29, 1.82) is 0 Å². The van der Waals surface area contributed by atoms with E-state index in [-0.39, 0.29) is 5.56 Å². The van der Waals surface area contributed by atoms with Gasteiger partial charge in [0.05, 0.1) is 10.9 Å². The Morgan fingerprint density at radius 2 is 1.84 bits per heavy atom. The summed E-state index contributed by atoms with van der Waals surface area (Å²) in [6.07, 6.45) is 1.68. The fourth-order valence-electron chi connectivity index (χ4n) is 2.99. The molecule has 0 fully saturated rings. The number of nitrogens with zero attached hydrogens (tertiary/aromatic N) is 2. The average Bonchev–Trinajstić information content (AvgIpc) is 2.62. The number of H-pyrrole nitrogens is 1. The van der Waals surface area contributed by atoms with Gasteiger partial charge >= 0.3 is 0 Å². The minimum absolute atomic E-state index is 0.0941. The topological polar surface area (TPSA) is 69.2 Å². The highest BCUT2D eigenvalue weighted by atomic mass is 16.3. The predicted molar refractivity (Wildman–Crippen MR) is 99.7 cm³/mol. The first-order valence-corrected chi connectivity index (χ1v) is 8.64. The van der Waals surface area contributed by atoms with Crippen molar-refractivity contribution in [3.63, 3.8) is 0 Å². The van der Waals surface area contributed by atoms with Crippen molar-refractivity contribution in [2.75, 3.05) is 13.1 Å². The van der Waals surface area contributed by atoms with Gasteiger partial charge in [0.25, 0.3) is 5.56 Å². The molecule has 3 rings (SSSR count). The van der Waals surface area contributed by atoms with Crippen LogP contribution in [-0.2, 0) is 13.0 Å². The van der Waals surface area contributed by atoms with E-state index in [1.807, 2.05) is 36.4 Å². The second-order valence-electron chi connectivity index (χ2n) is 6.18. The summed E-state index contributed by atoms with van der Waals surface area (Å²) in [5.41, 5.74) is 1.54. The summed E-state index contributed by atoms with van der Waals surface area (Å²) in [5, 5.41) is 10.6. The van der Waals surface area contributed by atoms with Gasteiger partial charge in [-0.15, -0.1) is 0 Å². The Hall–Kier alpha value is -2.66. The summed E-state index contributed by atoms with van der Waals surface area (Å²) in [4.78, 5) is 21.9. The maximum atomic E-state index is 12.2. The fourth-order valence-corrected chi connectivity index (χ4v) is 2.99. The Labute approximate surface area is 147 Å². The first kappa shape index (κ1) is 17.2. The van der Waals surface area contributed by atoms with Gasteiger partial charge in [0.1, 0.15) is 11.6 Å². The molecule has 3 aromatic rings. The minimum atomic E-state index is -0.0941. The zero-order valence-electron chi connectivity index (χ0n) is 14.4. The van der Waals surface area contributed by atoms with Crippen LogP contribution < -0.4 is 5.56 Å². The smallest absolute Gasteiger partial charge is 0.258 e. The molecular formula is C20H23N3O2. The summed E-state index contributed by atoms with van der Waals surface area (Å²) < 4.78 is 0. The maximum absolute atomic E-state index is 12.2. The van der Waals surface area contributed by atoms with E-state index in [1.54, 1.807) is 12.1 Å². The third-order valence-corrected chi connectivity index (χ3v) is 4.25. The van der Waals surface area contributed by atoms with Crippen molar-refractivity contribution in [2.24, 2.45) is 0 Å². The number of benzene rings is 2. The van der Waals surface area contributed by atoms with Crippen LogP contribution in [-0.4, -0.2) is 33.1 Å². The normalized spacial score (nSPS) is 11.3. The molecule has 25 heavy (non-hydrogen) atoms. The molecule has 0 spiro atoms. The number of aromatic nitrogens is 2. The van der Waals surface area contributed by atoms with Crippen LogP contribution in [0.15, 0.2) is 53.3 Å². The van der Waals surface area contributed by atoms with Crippen LogP contribution >= 0.6 is 0 Å². The fraction of sp³-hybridized carbons (Fsp3) is 0.300. The van der Waals surface area contributed by atoms with Gasteiger partial charge in [-0.1, -0.05) is 37.3 Å². The third-order valence-electron chi connectivity index (χ3n) is 4.25. The first-order valence-electron chi connectivity index (χ1n) is 8.64. The third kappa shape index (κ3) is 4.25. The number of aromatic amines is 1. The van der Waals surface area contributed by atoms with Crippen LogP contribution in [0, 0.1) is 0 Å². The molecule has 0 atom stereocenters. The number of nitrogens with one attached hydrogen (secondary N) is 1. The number of phenolic OH excluding ortho intramolecular Hbond substituents is 1. The highest BCUT2D eigenvalue weighted by Crippen LogP contribution is 2.18. The largest absolute Gasteiger partial charge is 0.508 e. The lowest BCUT2D eigenvalue weighted by molar-refractivity contribution is 0.264. The zero-order chi connectivity index (χ0) is 17.6. The summed E-state index contributed by atoms with van der Waals surface area (Å²) in [6.45, 7) is 4.50. The van der Waals surface area contributed by atoms with Crippen LogP contribution in [0.1, 0.15) is 24.7 Å². The van der Waals surface area contributed by atoms with E-state index in [1.165, 1.54) is 0 Å². The number of aromatic hydroxyl groups is 1. The quantitative estimate of drug-likeness (QED) is 0.695. The molecule has 0 unspecified atom stereocenters. The molecule has 0 saturated heterocycles. The predicted octanol–water partition coefficient (Wildman–Crippen LogP) is 3.08. The molecule has 1 aromatic heterocycles. The number of phenols is 1. The number of rotatable bonds is 7. The molecule has 0 saturated carbocycles. The highest BCUT2D eigenvalue weighted by Gasteiger charge is 2.10. The molecule has 1 heterocycles. The molecule has 0 aliphatic carbocycles. The van der Waals surface area contributed by atoms with Crippen LogP contribution in [0.2, 0.25) is 0 Å². The van der Waals surface area contributed by atoms with Crippen molar-refractivity contribution in [1.82, 2.24) is 14.9 Å². The maximum Gasteiger partial charge on any atom is 0.258 e. The lowest BCUT2D eigenvalue weighted by Crippen LogP contribution is -2.27. The Morgan fingerprint density at radius 3 is 2.64 bits per heavy atom. The van der Waals surface area contributed by atoms with E-state index in [0.29, 0.717) is 29.9 Å². The lowest BCUT2D eigenvalue weighted by Gasteiger charge is -2.22. The molecule has 130 valence electrons. The van der Waals surface area contributed by atoms with Crippen molar-refractivity contribution in [3.05, 3.63) is 70.3 Å². The molecular weight excluding hydrogens is 314 g/mol. The average molecular weight is 337 g/mol. The Morgan fingerprint density at radius 1 is 1.08 bits per heavy atom. The SMILES string of the molecule is CCCN(CCc1nc2ccccc2c(=O)[nH]1)Cc1ccccc1O. The molecule has 5 nitrogen and oxygen atoms in total. The Kier molecular flexibility index (Phi) is 5.46. The molecule has 5 heteroatoms. The van der Waals surface area contributed by atoms with E-state index in [0.717, 1.165) is 30.6 Å². The molecule has 2 N–H and O–H groups in total. The second kappa shape index (κ2) is 7.94. The molecule has 0 aliphatic rings. The number of fused-ring (bicyclic) bond motifs is 1. The summed E-state index contributed by atoms with van der Waals surface area (Å²) in [7, 11) is 0. The van der Waals surface area contributed by atoms with Gasteiger partial charge in [0.15, 0.2) is 0 Å². The van der Waals surface area contributed by atoms with Gasteiger partial charge in [0, 0.05) is 25.1 Å². The molecule has 0 aliphatic heterocycles.